The molecule has 0 rings (SSSR count). The van der Waals surface area contributed by atoms with Crippen LogP contribution in [0, 0.1) is 0 Å². The van der Waals surface area contributed by atoms with Crippen LogP contribution >= 0.6 is 21.6 Å². The van der Waals surface area contributed by atoms with Crippen LogP contribution in [0.2, 0.25) is 0 Å². The van der Waals surface area contributed by atoms with Gasteiger partial charge in [-0.2, -0.15) is 0 Å². The lowest BCUT2D eigenvalue weighted by atomic mass is 10.0. The predicted octanol–water partition coefficient (Wildman–Crippen LogP) is 9.82. The summed E-state index contributed by atoms with van der Waals surface area (Å²) in [6.45, 7) is 2.29. The van der Waals surface area contributed by atoms with Gasteiger partial charge in [-0.1, -0.05) is 142 Å². The molecule has 0 heterocycles. The van der Waals surface area contributed by atoms with Crippen LogP contribution in [-0.4, -0.2) is 18.7 Å². The molecule has 0 amide bonds. The average Bonchev–Trinajstić information content (AvgIpc) is 2.74. The SMILES string of the molecule is CCCCCCCCCCCCCCCCCCCCCCCC(P)CC(=O)OC.Cl. The first-order valence-corrected chi connectivity index (χ1v) is 14.2. The molecule has 0 saturated heterocycles. The molecule has 0 spiro atoms. The van der Waals surface area contributed by atoms with Crippen LogP contribution in [-0.2, 0) is 9.53 Å². The molecule has 0 bridgehead atoms. The second kappa shape index (κ2) is 28.2. The minimum Gasteiger partial charge on any atom is -0.469 e. The normalized spacial score (nSPS) is 11.8. The molecular formula is C27H56ClO2P. The van der Waals surface area contributed by atoms with Gasteiger partial charge in [0.15, 0.2) is 0 Å². The first kappa shape index (κ1) is 33.4. The van der Waals surface area contributed by atoms with Gasteiger partial charge in [-0.05, 0) is 12.1 Å². The van der Waals surface area contributed by atoms with Crippen LogP contribution in [0.1, 0.15) is 155 Å². The largest absolute Gasteiger partial charge is 0.469 e. The van der Waals surface area contributed by atoms with E-state index >= 15 is 0 Å². The average molecular weight is 479 g/mol. The molecule has 0 aliphatic heterocycles. The van der Waals surface area contributed by atoms with Gasteiger partial charge < -0.3 is 4.74 Å². The smallest absolute Gasteiger partial charge is 0.306 e. The minimum absolute atomic E-state index is 0. The van der Waals surface area contributed by atoms with Crippen molar-refractivity contribution in [1.29, 1.82) is 0 Å². The highest BCUT2D eigenvalue weighted by Gasteiger charge is 2.08. The van der Waals surface area contributed by atoms with E-state index in [9.17, 15) is 4.79 Å². The summed E-state index contributed by atoms with van der Waals surface area (Å²) in [6.07, 6.45) is 31.6. The Morgan fingerprint density at radius 1 is 0.613 bits per heavy atom. The van der Waals surface area contributed by atoms with Gasteiger partial charge in [0, 0.05) is 0 Å². The molecule has 4 heteroatoms. The van der Waals surface area contributed by atoms with E-state index < -0.39 is 0 Å². The van der Waals surface area contributed by atoms with Gasteiger partial charge in [0.2, 0.25) is 0 Å². The lowest BCUT2D eigenvalue weighted by Crippen LogP contribution is -2.08. The molecule has 31 heavy (non-hydrogen) atoms. The van der Waals surface area contributed by atoms with E-state index in [2.05, 4.69) is 16.2 Å². The number of halogens is 1. The van der Waals surface area contributed by atoms with Gasteiger partial charge in [0.25, 0.3) is 0 Å². The summed E-state index contributed by atoms with van der Waals surface area (Å²) in [7, 11) is 4.26. The standard InChI is InChI=1S/C27H55O2P.ClH/c1-3-4-5-6-7-8-9-10-11-12-13-14-15-16-17-18-19-20-21-22-23-24-26(30)25-27(28)29-2;/h26H,3-25,30H2,1-2H3;1H. The Bertz CT molecular complexity index is 352. The lowest BCUT2D eigenvalue weighted by molar-refractivity contribution is -0.140. The van der Waals surface area contributed by atoms with Crippen molar-refractivity contribution in [2.75, 3.05) is 7.11 Å². The Hall–Kier alpha value is 0.190. The third-order valence-electron chi connectivity index (χ3n) is 6.33. The summed E-state index contributed by atoms with van der Waals surface area (Å²) in [5.41, 5.74) is 0.387. The molecule has 0 N–H and O–H groups in total. The van der Waals surface area contributed by atoms with Crippen molar-refractivity contribution in [3.05, 3.63) is 0 Å². The molecule has 188 valence electrons. The van der Waals surface area contributed by atoms with E-state index in [1.807, 2.05) is 0 Å². The van der Waals surface area contributed by atoms with Crippen LogP contribution in [0.25, 0.3) is 0 Å². The molecule has 0 aromatic carbocycles. The van der Waals surface area contributed by atoms with Crippen LogP contribution in [0.15, 0.2) is 0 Å². The van der Waals surface area contributed by atoms with Crippen molar-refractivity contribution in [2.24, 2.45) is 0 Å². The summed E-state index contributed by atoms with van der Waals surface area (Å²) >= 11 is 0. The molecule has 0 fully saturated rings. The van der Waals surface area contributed by atoms with Gasteiger partial charge in [0.1, 0.15) is 0 Å². The topological polar surface area (TPSA) is 26.3 Å². The zero-order chi connectivity index (χ0) is 22.1. The summed E-state index contributed by atoms with van der Waals surface area (Å²) in [4.78, 5) is 11.2. The maximum Gasteiger partial charge on any atom is 0.306 e. The monoisotopic (exact) mass is 478 g/mol. The van der Waals surface area contributed by atoms with E-state index in [0.717, 1.165) is 6.42 Å². The maximum absolute atomic E-state index is 11.2. The Balaban J connectivity index is 0. The molecule has 0 aliphatic carbocycles. The van der Waals surface area contributed by atoms with Gasteiger partial charge >= 0.3 is 5.97 Å². The number of hydrogen-bond acceptors (Lipinski definition) is 2. The van der Waals surface area contributed by atoms with E-state index in [1.54, 1.807) is 0 Å². The fourth-order valence-electron chi connectivity index (χ4n) is 4.24. The Morgan fingerprint density at radius 3 is 1.19 bits per heavy atom. The van der Waals surface area contributed by atoms with Gasteiger partial charge in [-0.15, -0.1) is 21.6 Å². The van der Waals surface area contributed by atoms with Crippen molar-refractivity contribution in [1.82, 2.24) is 0 Å². The molecule has 0 radical (unpaired) electrons. The van der Waals surface area contributed by atoms with Crippen molar-refractivity contribution in [3.63, 3.8) is 0 Å². The van der Waals surface area contributed by atoms with Gasteiger partial charge in [-0.3, -0.25) is 4.79 Å². The molecule has 2 nitrogen and oxygen atoms in total. The minimum atomic E-state index is -0.0847. The Labute approximate surface area is 204 Å². The molecule has 0 aromatic rings. The van der Waals surface area contributed by atoms with Crippen molar-refractivity contribution < 1.29 is 9.53 Å². The van der Waals surface area contributed by atoms with E-state index in [4.69, 9.17) is 4.74 Å². The molecule has 0 saturated carbocycles. The van der Waals surface area contributed by atoms with Crippen molar-refractivity contribution >= 4 is 27.6 Å². The zero-order valence-corrected chi connectivity index (χ0v) is 23.1. The van der Waals surface area contributed by atoms with Gasteiger partial charge in [-0.25, -0.2) is 0 Å². The highest BCUT2D eigenvalue weighted by atomic mass is 35.5. The zero-order valence-electron chi connectivity index (χ0n) is 21.1. The quantitative estimate of drug-likeness (QED) is 0.0783. The first-order chi connectivity index (χ1) is 14.7. The number of carbonyl (C=O) groups excluding carboxylic acids is 1. The number of ether oxygens (including phenoxy) is 1. The third-order valence-corrected chi connectivity index (χ3v) is 6.90. The van der Waals surface area contributed by atoms with Gasteiger partial charge in [0.05, 0.1) is 13.5 Å². The van der Waals surface area contributed by atoms with Crippen molar-refractivity contribution in [2.45, 2.75) is 160 Å². The fraction of sp³-hybridized carbons (Fsp3) is 0.963. The summed E-state index contributed by atoms with van der Waals surface area (Å²) < 4.78 is 4.72. The number of unbranched alkanes of at least 4 members (excludes halogenated alkanes) is 20. The number of methoxy groups -OCH3 is 1. The van der Waals surface area contributed by atoms with Crippen LogP contribution in [0.5, 0.6) is 0 Å². The first-order valence-electron chi connectivity index (χ1n) is 13.5. The van der Waals surface area contributed by atoms with E-state index in [1.165, 1.54) is 142 Å². The Morgan fingerprint density at radius 2 is 0.903 bits per heavy atom. The van der Waals surface area contributed by atoms with E-state index in [0.29, 0.717) is 12.1 Å². The maximum atomic E-state index is 11.2. The predicted molar refractivity (Wildman–Crippen MR) is 145 cm³/mol. The number of carbonyl (C=O) groups is 1. The summed E-state index contributed by atoms with van der Waals surface area (Å²) in [5.74, 6) is -0.0847. The van der Waals surface area contributed by atoms with E-state index in [-0.39, 0.29) is 18.4 Å². The van der Waals surface area contributed by atoms with Crippen molar-refractivity contribution in [3.8, 4) is 0 Å². The van der Waals surface area contributed by atoms with Crippen LogP contribution in [0.4, 0.5) is 0 Å². The Kier molecular flexibility index (Phi) is 30.4. The number of rotatable bonds is 24. The summed E-state index contributed by atoms with van der Waals surface area (Å²) in [6, 6.07) is 0. The second-order valence-electron chi connectivity index (χ2n) is 9.40. The van der Waals surface area contributed by atoms with Crippen LogP contribution in [0.3, 0.4) is 0 Å². The molecule has 0 aliphatic rings. The fourth-order valence-corrected chi connectivity index (χ4v) is 4.67. The molecule has 2 atom stereocenters. The van der Waals surface area contributed by atoms with Crippen LogP contribution < -0.4 is 0 Å². The second-order valence-corrected chi connectivity index (χ2v) is 10.3. The summed E-state index contributed by atoms with van der Waals surface area (Å²) in [5, 5.41) is 0. The molecular weight excluding hydrogens is 423 g/mol. The highest BCUT2D eigenvalue weighted by Crippen LogP contribution is 2.18. The highest BCUT2D eigenvalue weighted by molar-refractivity contribution is 7.17. The third kappa shape index (κ3) is 28.2. The number of esters is 1. The molecule has 2 unspecified atom stereocenters. The molecule has 0 aromatic heterocycles. The lowest BCUT2D eigenvalue weighted by Gasteiger charge is -2.09. The number of hydrogen-bond donors (Lipinski definition) is 0.